The lowest BCUT2D eigenvalue weighted by atomic mass is 10.1. The molecule has 1 aromatic heterocycles. The molecular weight excluding hydrogens is 450 g/mol. The van der Waals surface area contributed by atoms with Crippen molar-refractivity contribution in [3.63, 3.8) is 0 Å². The molecule has 1 N–H and O–H groups in total. The van der Waals surface area contributed by atoms with Gasteiger partial charge in [0.2, 0.25) is 5.88 Å². The Morgan fingerprint density at radius 1 is 0.917 bits per heavy atom. The lowest BCUT2D eigenvalue weighted by molar-refractivity contribution is 0.108. The number of methoxy groups -OCH3 is 1. The molecule has 6 nitrogen and oxygen atoms in total. The minimum atomic E-state index is -0.471. The number of aryl methyl sites for hydroxylation is 1. The van der Waals surface area contributed by atoms with Crippen LogP contribution in [0.3, 0.4) is 0 Å². The highest BCUT2D eigenvalue weighted by molar-refractivity contribution is 5.65. The van der Waals surface area contributed by atoms with E-state index in [0.717, 1.165) is 41.1 Å². The number of hydrogen-bond acceptors (Lipinski definition) is 5. The van der Waals surface area contributed by atoms with Gasteiger partial charge in [0.1, 0.15) is 17.2 Å². The highest BCUT2D eigenvalue weighted by Gasteiger charge is 2.23. The third-order valence-electron chi connectivity index (χ3n) is 6.11. The van der Waals surface area contributed by atoms with Crippen molar-refractivity contribution in [2.24, 2.45) is 7.05 Å². The van der Waals surface area contributed by atoms with E-state index in [9.17, 15) is 5.11 Å². The van der Waals surface area contributed by atoms with E-state index in [4.69, 9.17) is 14.6 Å². The summed E-state index contributed by atoms with van der Waals surface area (Å²) in [6.45, 7) is 4.20. The van der Waals surface area contributed by atoms with Gasteiger partial charge in [-0.2, -0.15) is 5.10 Å². The molecule has 1 atom stereocenters. The number of ether oxygens (including phenoxy) is 2. The van der Waals surface area contributed by atoms with Crippen LogP contribution in [-0.4, -0.2) is 46.1 Å². The fourth-order valence-electron chi connectivity index (χ4n) is 4.43. The second-order valence-electron chi connectivity index (χ2n) is 8.98. The zero-order chi connectivity index (χ0) is 25.3. The Labute approximate surface area is 213 Å². The first-order valence-electron chi connectivity index (χ1n) is 12.4. The van der Waals surface area contributed by atoms with E-state index in [2.05, 4.69) is 36.1 Å². The molecule has 0 bridgehead atoms. The maximum atomic E-state index is 10.9. The van der Waals surface area contributed by atoms with Crippen molar-refractivity contribution in [3.8, 4) is 28.6 Å². The Hall–Kier alpha value is -3.61. The summed E-state index contributed by atoms with van der Waals surface area (Å²) in [6, 6.07) is 27.9. The van der Waals surface area contributed by atoms with Gasteiger partial charge < -0.3 is 14.6 Å². The predicted octanol–water partition coefficient (Wildman–Crippen LogP) is 5.70. The zero-order valence-corrected chi connectivity index (χ0v) is 21.3. The Balaban J connectivity index is 1.63. The molecule has 0 aliphatic heterocycles. The predicted molar refractivity (Wildman–Crippen MR) is 143 cm³/mol. The number of aromatic nitrogens is 2. The fraction of sp³-hybridized carbons (Fsp3) is 0.300. The van der Waals surface area contributed by atoms with Gasteiger partial charge in [-0.25, -0.2) is 4.68 Å². The van der Waals surface area contributed by atoms with Crippen molar-refractivity contribution in [2.45, 2.75) is 32.4 Å². The van der Waals surface area contributed by atoms with Crippen LogP contribution in [0.1, 0.15) is 24.5 Å². The number of aliphatic hydroxyl groups is 1. The molecule has 0 aliphatic rings. The monoisotopic (exact) mass is 485 g/mol. The van der Waals surface area contributed by atoms with Crippen molar-refractivity contribution in [2.75, 3.05) is 20.2 Å². The summed E-state index contributed by atoms with van der Waals surface area (Å²) in [5.74, 6) is 2.18. The van der Waals surface area contributed by atoms with Crippen LogP contribution in [0.15, 0.2) is 84.9 Å². The van der Waals surface area contributed by atoms with Gasteiger partial charge in [0.25, 0.3) is 0 Å². The molecule has 36 heavy (non-hydrogen) atoms. The van der Waals surface area contributed by atoms with E-state index in [0.29, 0.717) is 31.1 Å². The van der Waals surface area contributed by atoms with Crippen molar-refractivity contribution in [1.29, 1.82) is 0 Å². The second kappa shape index (κ2) is 12.4. The normalized spacial score (nSPS) is 12.0. The van der Waals surface area contributed by atoms with Gasteiger partial charge >= 0.3 is 0 Å². The molecule has 4 aromatic rings. The maximum Gasteiger partial charge on any atom is 0.222 e. The molecular formula is C30H35N3O3. The first kappa shape index (κ1) is 25.5. The largest absolute Gasteiger partial charge is 0.497 e. The topological polar surface area (TPSA) is 59.8 Å². The molecule has 6 heteroatoms. The van der Waals surface area contributed by atoms with Gasteiger partial charge in [-0.1, -0.05) is 67.6 Å². The van der Waals surface area contributed by atoms with E-state index in [-0.39, 0.29) is 0 Å². The smallest absolute Gasteiger partial charge is 0.222 e. The van der Waals surface area contributed by atoms with Gasteiger partial charge in [-0.3, -0.25) is 4.90 Å². The average molecular weight is 486 g/mol. The minimum Gasteiger partial charge on any atom is -0.497 e. The van der Waals surface area contributed by atoms with Crippen LogP contribution in [0, 0.1) is 0 Å². The molecule has 0 saturated heterocycles. The highest BCUT2D eigenvalue weighted by Crippen LogP contribution is 2.34. The zero-order valence-electron chi connectivity index (χ0n) is 21.3. The lowest BCUT2D eigenvalue weighted by Gasteiger charge is -2.25. The molecule has 188 valence electrons. The Morgan fingerprint density at radius 2 is 1.56 bits per heavy atom. The minimum absolute atomic E-state index is 0.471. The molecule has 0 unspecified atom stereocenters. The standard InChI is InChI=1S/C30H35N3O3/c1-4-19-33(21-25(34)20-23-11-7-5-8-12-23)22-28-29(24-13-9-6-10-14-24)31-32(2)30(28)36-27-17-15-26(35-3)16-18-27/h5-18,25,34H,4,19-22H2,1-3H3/t25-/m0/s1. The number of benzene rings is 3. The molecule has 0 saturated carbocycles. The SMILES string of the molecule is CCCN(Cc1c(-c2ccccc2)nn(C)c1Oc1ccc(OC)cc1)C[C@@H](O)Cc1ccccc1. The van der Waals surface area contributed by atoms with Crippen molar-refractivity contribution >= 4 is 0 Å². The summed E-state index contributed by atoms with van der Waals surface area (Å²) in [7, 11) is 3.55. The summed E-state index contributed by atoms with van der Waals surface area (Å²) >= 11 is 0. The van der Waals surface area contributed by atoms with Crippen LogP contribution < -0.4 is 9.47 Å². The highest BCUT2D eigenvalue weighted by atomic mass is 16.5. The van der Waals surface area contributed by atoms with Gasteiger partial charge in [-0.05, 0) is 49.2 Å². The molecule has 0 amide bonds. The van der Waals surface area contributed by atoms with Crippen LogP contribution in [0.2, 0.25) is 0 Å². The van der Waals surface area contributed by atoms with Crippen molar-refractivity contribution in [3.05, 3.63) is 96.1 Å². The Morgan fingerprint density at radius 3 is 2.19 bits per heavy atom. The van der Waals surface area contributed by atoms with E-state index < -0.39 is 6.10 Å². The molecule has 0 radical (unpaired) electrons. The second-order valence-corrected chi connectivity index (χ2v) is 8.98. The average Bonchev–Trinajstić information content (AvgIpc) is 3.20. The van der Waals surface area contributed by atoms with Crippen molar-refractivity contribution < 1.29 is 14.6 Å². The molecule has 0 aliphatic carbocycles. The first-order valence-corrected chi connectivity index (χ1v) is 12.4. The number of rotatable bonds is 12. The van der Waals surface area contributed by atoms with Crippen molar-refractivity contribution in [1.82, 2.24) is 14.7 Å². The van der Waals surface area contributed by atoms with Gasteiger partial charge in [0.15, 0.2) is 0 Å². The quantitative estimate of drug-likeness (QED) is 0.279. The number of nitrogens with zero attached hydrogens (tertiary/aromatic N) is 3. The summed E-state index contributed by atoms with van der Waals surface area (Å²) in [4.78, 5) is 2.29. The Kier molecular flexibility index (Phi) is 8.76. The summed E-state index contributed by atoms with van der Waals surface area (Å²) < 4.78 is 13.5. The van der Waals surface area contributed by atoms with Crippen LogP contribution in [-0.2, 0) is 20.0 Å². The number of aliphatic hydroxyl groups excluding tert-OH is 1. The first-order chi connectivity index (χ1) is 17.6. The Bertz CT molecular complexity index is 1210. The molecule has 3 aromatic carbocycles. The lowest BCUT2D eigenvalue weighted by Crippen LogP contribution is -2.34. The van der Waals surface area contributed by atoms with Gasteiger partial charge in [0, 0.05) is 25.7 Å². The van der Waals surface area contributed by atoms with Crippen LogP contribution >= 0.6 is 0 Å². The number of hydrogen-bond donors (Lipinski definition) is 1. The van der Waals surface area contributed by atoms with Crippen LogP contribution in [0.25, 0.3) is 11.3 Å². The molecule has 0 fully saturated rings. The van der Waals surface area contributed by atoms with E-state index >= 15 is 0 Å². The molecule has 4 rings (SSSR count). The third kappa shape index (κ3) is 6.53. The summed E-state index contributed by atoms with van der Waals surface area (Å²) in [5.41, 5.74) is 4.06. The summed E-state index contributed by atoms with van der Waals surface area (Å²) in [6.07, 6.45) is 1.13. The van der Waals surface area contributed by atoms with Gasteiger partial charge in [0.05, 0.1) is 18.8 Å². The fourth-order valence-corrected chi connectivity index (χ4v) is 4.43. The summed E-state index contributed by atoms with van der Waals surface area (Å²) in [5, 5.41) is 15.8. The van der Waals surface area contributed by atoms with Crippen LogP contribution in [0.4, 0.5) is 0 Å². The maximum absolute atomic E-state index is 10.9. The van der Waals surface area contributed by atoms with Gasteiger partial charge in [-0.15, -0.1) is 0 Å². The third-order valence-corrected chi connectivity index (χ3v) is 6.11. The van der Waals surface area contributed by atoms with E-state index in [1.54, 1.807) is 11.8 Å². The van der Waals surface area contributed by atoms with E-state index in [1.165, 1.54) is 0 Å². The molecule has 0 spiro atoms. The van der Waals surface area contributed by atoms with Crippen LogP contribution in [0.5, 0.6) is 17.4 Å². The molecule has 1 heterocycles. The van der Waals surface area contributed by atoms with E-state index in [1.807, 2.05) is 67.7 Å².